The molecule has 1 aliphatic heterocycles. The van der Waals surface area contributed by atoms with Gasteiger partial charge in [-0.3, -0.25) is 14.8 Å². The van der Waals surface area contributed by atoms with Crippen molar-refractivity contribution in [3.8, 4) is 11.1 Å². The summed E-state index contributed by atoms with van der Waals surface area (Å²) in [5.41, 5.74) is 1.65. The third-order valence-corrected chi connectivity index (χ3v) is 6.60. The third-order valence-electron chi connectivity index (χ3n) is 5.80. The molecule has 0 atom stereocenters. The molecule has 37 heavy (non-hydrogen) atoms. The number of hydrogen-bond donors (Lipinski definition) is 1. The van der Waals surface area contributed by atoms with E-state index in [1.54, 1.807) is 25.4 Å². The average Bonchev–Trinajstić information content (AvgIpc) is 2.85. The highest BCUT2D eigenvalue weighted by Crippen LogP contribution is 2.32. The van der Waals surface area contributed by atoms with E-state index in [0.29, 0.717) is 43.1 Å². The van der Waals surface area contributed by atoms with Crippen molar-refractivity contribution in [3.05, 3.63) is 71.3 Å². The van der Waals surface area contributed by atoms with Crippen LogP contribution in [-0.4, -0.2) is 56.9 Å². The van der Waals surface area contributed by atoms with E-state index >= 15 is 0 Å². The summed E-state index contributed by atoms with van der Waals surface area (Å²) >= 11 is 0. The minimum Gasteiger partial charge on any atom is -0.378 e. The van der Waals surface area contributed by atoms with Crippen molar-refractivity contribution in [2.45, 2.75) is 18.9 Å². The van der Waals surface area contributed by atoms with Crippen LogP contribution in [0.3, 0.4) is 0 Å². The number of carbonyl (C=O) groups excluding carboxylic acids is 1. The molecule has 8 nitrogen and oxygen atoms in total. The number of pyridine rings is 2. The molecule has 4 rings (SSSR count). The molecule has 1 amide bonds. The van der Waals surface area contributed by atoms with Crippen LogP contribution < -0.4 is 10.2 Å². The van der Waals surface area contributed by atoms with Gasteiger partial charge in [-0.2, -0.15) is 13.2 Å². The fourth-order valence-corrected chi connectivity index (χ4v) is 4.73. The fourth-order valence-electron chi connectivity index (χ4n) is 4.01. The Morgan fingerprint density at radius 2 is 1.86 bits per heavy atom. The monoisotopic (exact) mass is 534 g/mol. The van der Waals surface area contributed by atoms with E-state index in [1.165, 1.54) is 6.07 Å². The van der Waals surface area contributed by atoms with Gasteiger partial charge in [-0.15, -0.1) is 0 Å². The average molecular weight is 535 g/mol. The van der Waals surface area contributed by atoms with Crippen LogP contribution in [0.4, 0.5) is 24.5 Å². The molecule has 0 radical (unpaired) electrons. The van der Waals surface area contributed by atoms with Crippen LogP contribution in [0.1, 0.15) is 27.3 Å². The van der Waals surface area contributed by atoms with Gasteiger partial charge in [-0.1, -0.05) is 6.07 Å². The lowest BCUT2D eigenvalue weighted by atomic mass is 10.0. The van der Waals surface area contributed by atoms with Crippen molar-refractivity contribution in [1.82, 2.24) is 9.97 Å². The van der Waals surface area contributed by atoms with Gasteiger partial charge in [0.1, 0.15) is 0 Å². The van der Waals surface area contributed by atoms with E-state index in [-0.39, 0.29) is 16.9 Å². The number of amides is 1. The van der Waals surface area contributed by atoms with Crippen molar-refractivity contribution in [2.24, 2.45) is 0 Å². The van der Waals surface area contributed by atoms with E-state index in [1.807, 2.05) is 6.07 Å². The number of hydrogen-bond acceptors (Lipinski definition) is 7. The van der Waals surface area contributed by atoms with Gasteiger partial charge in [-0.05, 0) is 37.3 Å². The normalized spacial score (nSPS) is 14.5. The summed E-state index contributed by atoms with van der Waals surface area (Å²) < 4.78 is 68.9. The Labute approximate surface area is 212 Å². The smallest absolute Gasteiger partial charge is 0.378 e. The lowest BCUT2D eigenvalue weighted by molar-refractivity contribution is -0.137. The second-order valence-electron chi connectivity index (χ2n) is 8.75. The zero-order chi connectivity index (χ0) is 26.8. The summed E-state index contributed by atoms with van der Waals surface area (Å²) in [5.74, 6) is -1.28. The Morgan fingerprint density at radius 1 is 1.14 bits per heavy atom. The van der Waals surface area contributed by atoms with Crippen LogP contribution in [0, 0.1) is 6.92 Å². The number of benzene rings is 1. The Balaban J connectivity index is 1.73. The molecule has 2 aromatic heterocycles. The van der Waals surface area contributed by atoms with Crippen molar-refractivity contribution in [3.63, 3.8) is 0 Å². The molecule has 0 saturated carbocycles. The van der Waals surface area contributed by atoms with E-state index in [0.717, 1.165) is 30.1 Å². The highest BCUT2D eigenvalue weighted by Gasteiger charge is 2.31. The number of sulfone groups is 1. The van der Waals surface area contributed by atoms with E-state index < -0.39 is 33.2 Å². The number of nitrogens with zero attached hydrogens (tertiary/aromatic N) is 3. The zero-order valence-corrected chi connectivity index (χ0v) is 21.0. The molecule has 12 heteroatoms. The van der Waals surface area contributed by atoms with Crippen LogP contribution in [-0.2, 0) is 26.5 Å². The lowest BCUT2D eigenvalue weighted by Gasteiger charge is -2.28. The van der Waals surface area contributed by atoms with Crippen LogP contribution in [0.2, 0.25) is 0 Å². The summed E-state index contributed by atoms with van der Waals surface area (Å²) in [6.07, 6.45) is -0.227. The Hall–Kier alpha value is -3.51. The molecule has 1 N–H and O–H groups in total. The molecular weight excluding hydrogens is 509 g/mol. The minimum atomic E-state index is -4.62. The highest BCUT2D eigenvalue weighted by atomic mass is 32.2. The maximum Gasteiger partial charge on any atom is 0.416 e. The maximum absolute atomic E-state index is 13.1. The number of ether oxygens (including phenoxy) is 1. The first-order valence-corrected chi connectivity index (χ1v) is 13.4. The molecule has 0 spiro atoms. The number of anilines is 2. The molecule has 1 saturated heterocycles. The van der Waals surface area contributed by atoms with Gasteiger partial charge in [0.05, 0.1) is 47.8 Å². The first-order valence-electron chi connectivity index (χ1n) is 11.4. The highest BCUT2D eigenvalue weighted by molar-refractivity contribution is 7.89. The van der Waals surface area contributed by atoms with E-state index in [9.17, 15) is 26.4 Å². The predicted molar refractivity (Wildman–Crippen MR) is 133 cm³/mol. The van der Waals surface area contributed by atoms with Gasteiger partial charge < -0.3 is 15.0 Å². The Bertz CT molecular complexity index is 1420. The first-order chi connectivity index (χ1) is 17.4. The van der Waals surface area contributed by atoms with Gasteiger partial charge in [0.15, 0.2) is 9.84 Å². The number of halogens is 3. The molecule has 196 valence electrons. The SMILES string of the molecule is Cc1nc(CS(C)(=O)=O)c(NC(=O)c2cccc(C(F)(F)F)c2)cc1-c1cncc(N2CCOCC2)c1. The first kappa shape index (κ1) is 26.6. The van der Waals surface area contributed by atoms with Gasteiger partial charge >= 0.3 is 6.18 Å². The summed E-state index contributed by atoms with van der Waals surface area (Å²) in [5, 5.41) is 2.56. The lowest BCUT2D eigenvalue weighted by Crippen LogP contribution is -2.36. The number of rotatable bonds is 6. The number of nitrogens with one attached hydrogen (secondary N) is 1. The summed E-state index contributed by atoms with van der Waals surface area (Å²) in [6, 6.07) is 7.48. The standard InChI is InChI=1S/C25H25F3N4O4S/c1-16-21(18-11-20(14-29-13-18)32-6-8-36-9-7-32)12-22(23(30-16)15-37(2,34)35)31-24(33)17-4-3-5-19(10-17)25(26,27)28/h3-5,10-14H,6-9,15H2,1-2H3,(H,31,33). The van der Waals surface area contributed by atoms with E-state index in [4.69, 9.17) is 4.74 Å². The summed E-state index contributed by atoms with van der Waals surface area (Å²) in [6.45, 7) is 4.30. The molecule has 3 aromatic rings. The zero-order valence-electron chi connectivity index (χ0n) is 20.2. The van der Waals surface area contributed by atoms with Gasteiger partial charge in [0.2, 0.25) is 0 Å². The molecule has 0 unspecified atom stereocenters. The summed E-state index contributed by atoms with van der Waals surface area (Å²) in [7, 11) is -3.54. The van der Waals surface area contributed by atoms with Gasteiger partial charge in [0, 0.05) is 47.9 Å². The number of aromatic nitrogens is 2. The molecule has 3 heterocycles. The van der Waals surface area contributed by atoms with Crippen molar-refractivity contribution >= 4 is 27.1 Å². The number of morpholine rings is 1. The quantitative estimate of drug-likeness (QED) is 0.508. The number of carbonyl (C=O) groups is 1. The van der Waals surface area contributed by atoms with E-state index in [2.05, 4.69) is 20.2 Å². The molecule has 0 bridgehead atoms. The third kappa shape index (κ3) is 6.63. The Kier molecular flexibility index (Phi) is 7.51. The number of alkyl halides is 3. The second-order valence-corrected chi connectivity index (χ2v) is 10.9. The van der Waals surface area contributed by atoms with Crippen molar-refractivity contribution < 1.29 is 31.1 Å². The van der Waals surface area contributed by atoms with Crippen molar-refractivity contribution in [2.75, 3.05) is 42.8 Å². The van der Waals surface area contributed by atoms with Crippen LogP contribution in [0.25, 0.3) is 11.1 Å². The topological polar surface area (TPSA) is 101 Å². The van der Waals surface area contributed by atoms with Gasteiger partial charge in [-0.25, -0.2) is 8.42 Å². The van der Waals surface area contributed by atoms with Crippen molar-refractivity contribution in [1.29, 1.82) is 0 Å². The van der Waals surface area contributed by atoms with Gasteiger partial charge in [0.25, 0.3) is 5.91 Å². The molecular formula is C25H25F3N4O4S. The van der Waals surface area contributed by atoms with Crippen LogP contribution in [0.15, 0.2) is 48.8 Å². The van der Waals surface area contributed by atoms with Crippen LogP contribution >= 0.6 is 0 Å². The van der Waals surface area contributed by atoms with Crippen LogP contribution in [0.5, 0.6) is 0 Å². The minimum absolute atomic E-state index is 0.0846. The number of aryl methyl sites for hydroxylation is 1. The predicted octanol–water partition coefficient (Wildman–Crippen LogP) is 4.10. The molecule has 1 aliphatic rings. The molecule has 0 aliphatic carbocycles. The largest absolute Gasteiger partial charge is 0.416 e. The maximum atomic E-state index is 13.1. The Morgan fingerprint density at radius 3 is 2.54 bits per heavy atom. The second kappa shape index (κ2) is 10.5. The molecule has 1 fully saturated rings. The fraction of sp³-hybridized carbons (Fsp3) is 0.320. The molecule has 1 aromatic carbocycles. The summed E-state index contributed by atoms with van der Waals surface area (Å²) in [4.78, 5) is 23.8.